The Labute approximate surface area is 70.3 Å². The Balaban J connectivity index is 2.67. The Kier molecular flexibility index (Phi) is 2.76. The highest BCUT2D eigenvalue weighted by Gasteiger charge is 2.16. The van der Waals surface area contributed by atoms with Crippen LogP contribution < -0.4 is 0 Å². The fourth-order valence-corrected chi connectivity index (χ4v) is 1.31. The quantitative estimate of drug-likeness (QED) is 0.574. The Morgan fingerprint density at radius 3 is 3.00 bits per heavy atom. The van der Waals surface area contributed by atoms with Gasteiger partial charge >= 0.3 is 6.09 Å². The van der Waals surface area contributed by atoms with Crippen molar-refractivity contribution in [1.82, 2.24) is 4.90 Å². The zero-order valence-electron chi connectivity index (χ0n) is 6.09. The maximum absolute atomic E-state index is 10.5. The number of carboxylic acid groups (broad SMARTS) is 1. The van der Waals surface area contributed by atoms with E-state index in [0.717, 1.165) is 19.3 Å². The van der Waals surface area contributed by atoms with Crippen LogP contribution in [0, 0.1) is 0 Å². The lowest BCUT2D eigenvalue weighted by molar-refractivity contribution is 0.161. The van der Waals surface area contributed by atoms with Gasteiger partial charge in [0.15, 0.2) is 0 Å². The fourth-order valence-electron chi connectivity index (χ4n) is 1.04. The first-order chi connectivity index (χ1) is 5.22. The van der Waals surface area contributed by atoms with Crippen LogP contribution in [-0.4, -0.2) is 22.6 Å². The molecular formula is C7H10ClNO2. The first-order valence-corrected chi connectivity index (χ1v) is 3.96. The summed E-state index contributed by atoms with van der Waals surface area (Å²) in [5.41, 5.74) is 0. The van der Waals surface area contributed by atoms with E-state index in [1.54, 1.807) is 6.08 Å². The molecule has 0 saturated carbocycles. The van der Waals surface area contributed by atoms with E-state index in [1.165, 1.54) is 4.90 Å². The molecule has 0 saturated heterocycles. The molecule has 0 atom stereocenters. The molecule has 0 aromatic carbocycles. The van der Waals surface area contributed by atoms with Crippen molar-refractivity contribution in [2.75, 3.05) is 6.54 Å². The minimum Gasteiger partial charge on any atom is -0.465 e. The van der Waals surface area contributed by atoms with Crippen molar-refractivity contribution < 1.29 is 9.90 Å². The Hall–Kier alpha value is -0.700. The van der Waals surface area contributed by atoms with Crippen molar-refractivity contribution in [3.8, 4) is 0 Å². The molecule has 0 bridgehead atoms. The minimum absolute atomic E-state index is 0.343. The molecule has 4 heteroatoms. The van der Waals surface area contributed by atoms with E-state index >= 15 is 0 Å². The molecule has 1 N–H and O–H groups in total. The van der Waals surface area contributed by atoms with Gasteiger partial charge in [-0.15, -0.1) is 0 Å². The summed E-state index contributed by atoms with van der Waals surface area (Å²) in [4.78, 5) is 11.7. The summed E-state index contributed by atoms with van der Waals surface area (Å²) >= 11 is 5.69. The van der Waals surface area contributed by atoms with Crippen LogP contribution in [0.15, 0.2) is 11.2 Å². The Bertz CT molecular complexity index is 191. The van der Waals surface area contributed by atoms with Gasteiger partial charge < -0.3 is 5.11 Å². The second-order valence-electron chi connectivity index (χ2n) is 2.46. The van der Waals surface area contributed by atoms with E-state index < -0.39 is 6.09 Å². The maximum Gasteiger partial charge on any atom is 0.412 e. The summed E-state index contributed by atoms with van der Waals surface area (Å²) in [5.74, 6) is 0. The zero-order valence-corrected chi connectivity index (χ0v) is 6.84. The highest BCUT2D eigenvalue weighted by Crippen LogP contribution is 2.17. The smallest absolute Gasteiger partial charge is 0.412 e. The molecule has 1 aliphatic heterocycles. The molecule has 0 spiro atoms. The van der Waals surface area contributed by atoms with Gasteiger partial charge in [-0.05, 0) is 25.3 Å². The van der Waals surface area contributed by atoms with Gasteiger partial charge in [-0.1, -0.05) is 11.6 Å². The fraction of sp³-hybridized carbons (Fsp3) is 0.571. The van der Waals surface area contributed by atoms with Gasteiger partial charge in [0, 0.05) is 6.54 Å². The molecule has 1 heterocycles. The number of hydrogen-bond donors (Lipinski definition) is 1. The van der Waals surface area contributed by atoms with Crippen LogP contribution in [0.1, 0.15) is 19.3 Å². The molecule has 3 nitrogen and oxygen atoms in total. The molecule has 1 amide bonds. The zero-order chi connectivity index (χ0) is 8.27. The average Bonchev–Trinajstić information content (AvgIpc) is 2.13. The van der Waals surface area contributed by atoms with Crippen LogP contribution in [0.2, 0.25) is 0 Å². The van der Waals surface area contributed by atoms with E-state index in [9.17, 15) is 4.79 Å². The number of allylic oxidation sites excluding steroid dienone is 1. The third-order valence-corrected chi connectivity index (χ3v) is 2.00. The summed E-state index contributed by atoms with van der Waals surface area (Å²) in [6.07, 6.45) is 3.57. The lowest BCUT2D eigenvalue weighted by Crippen LogP contribution is -2.26. The predicted molar refractivity (Wildman–Crippen MR) is 42.5 cm³/mol. The summed E-state index contributed by atoms with van der Waals surface area (Å²) in [7, 11) is 0. The number of amides is 1. The van der Waals surface area contributed by atoms with E-state index in [-0.39, 0.29) is 0 Å². The topological polar surface area (TPSA) is 40.5 Å². The standard InChI is InChI=1S/C7H10ClNO2/c8-6-4-2-1-3-5-9(6)7(10)11/h4H,1-3,5H2,(H,10,11). The van der Waals surface area contributed by atoms with E-state index in [2.05, 4.69) is 0 Å². The minimum atomic E-state index is -0.965. The lowest BCUT2D eigenvalue weighted by atomic mass is 10.2. The van der Waals surface area contributed by atoms with Crippen LogP contribution >= 0.6 is 11.6 Å². The number of nitrogens with zero attached hydrogens (tertiary/aromatic N) is 1. The number of rotatable bonds is 0. The molecule has 0 fully saturated rings. The SMILES string of the molecule is O=C(O)N1CCCCC=C1Cl. The van der Waals surface area contributed by atoms with Crippen LogP contribution in [0.4, 0.5) is 4.79 Å². The molecule has 0 aromatic heterocycles. The van der Waals surface area contributed by atoms with Crippen molar-refractivity contribution >= 4 is 17.7 Å². The monoisotopic (exact) mass is 175 g/mol. The first-order valence-electron chi connectivity index (χ1n) is 3.58. The van der Waals surface area contributed by atoms with E-state index in [4.69, 9.17) is 16.7 Å². The lowest BCUT2D eigenvalue weighted by Gasteiger charge is -2.14. The van der Waals surface area contributed by atoms with Crippen LogP contribution in [0.25, 0.3) is 0 Å². The molecule has 62 valence electrons. The van der Waals surface area contributed by atoms with E-state index in [1.807, 2.05) is 0 Å². The average molecular weight is 176 g/mol. The normalized spacial score (nSPS) is 19.0. The number of carbonyl (C=O) groups is 1. The van der Waals surface area contributed by atoms with Crippen LogP contribution in [0.3, 0.4) is 0 Å². The first kappa shape index (κ1) is 8.40. The molecule has 0 radical (unpaired) electrons. The van der Waals surface area contributed by atoms with Crippen molar-refractivity contribution in [1.29, 1.82) is 0 Å². The Morgan fingerprint density at radius 2 is 2.36 bits per heavy atom. The van der Waals surface area contributed by atoms with Crippen molar-refractivity contribution in [3.05, 3.63) is 11.2 Å². The van der Waals surface area contributed by atoms with Gasteiger partial charge in [0.2, 0.25) is 0 Å². The van der Waals surface area contributed by atoms with Crippen molar-refractivity contribution in [2.24, 2.45) is 0 Å². The van der Waals surface area contributed by atoms with E-state index in [0.29, 0.717) is 11.7 Å². The maximum atomic E-state index is 10.5. The predicted octanol–water partition coefficient (Wildman–Crippen LogP) is 2.23. The highest BCUT2D eigenvalue weighted by atomic mass is 35.5. The van der Waals surface area contributed by atoms with Gasteiger partial charge in [0.1, 0.15) is 5.16 Å². The summed E-state index contributed by atoms with van der Waals surface area (Å²) in [6, 6.07) is 0. The second kappa shape index (κ2) is 3.62. The van der Waals surface area contributed by atoms with Gasteiger partial charge in [-0.25, -0.2) is 4.79 Å². The molecule has 0 aliphatic carbocycles. The summed E-state index contributed by atoms with van der Waals surface area (Å²) in [6.45, 7) is 0.519. The Morgan fingerprint density at radius 1 is 1.64 bits per heavy atom. The largest absolute Gasteiger partial charge is 0.465 e. The van der Waals surface area contributed by atoms with Crippen molar-refractivity contribution in [3.63, 3.8) is 0 Å². The molecule has 1 rings (SSSR count). The number of halogens is 1. The third-order valence-electron chi connectivity index (χ3n) is 1.64. The van der Waals surface area contributed by atoms with Gasteiger partial charge in [-0.2, -0.15) is 0 Å². The van der Waals surface area contributed by atoms with Gasteiger partial charge in [-0.3, -0.25) is 4.90 Å². The van der Waals surface area contributed by atoms with Crippen LogP contribution in [0.5, 0.6) is 0 Å². The number of hydrogen-bond acceptors (Lipinski definition) is 1. The highest BCUT2D eigenvalue weighted by molar-refractivity contribution is 6.30. The molecule has 11 heavy (non-hydrogen) atoms. The summed E-state index contributed by atoms with van der Waals surface area (Å²) in [5, 5.41) is 8.98. The van der Waals surface area contributed by atoms with Crippen molar-refractivity contribution in [2.45, 2.75) is 19.3 Å². The van der Waals surface area contributed by atoms with Gasteiger partial charge in [0.25, 0.3) is 0 Å². The molecule has 0 unspecified atom stereocenters. The van der Waals surface area contributed by atoms with Gasteiger partial charge in [0.05, 0.1) is 0 Å². The summed E-state index contributed by atoms with van der Waals surface area (Å²) < 4.78 is 0. The third kappa shape index (κ3) is 2.12. The second-order valence-corrected chi connectivity index (χ2v) is 2.84. The van der Waals surface area contributed by atoms with Crippen LogP contribution in [-0.2, 0) is 0 Å². The molecule has 0 aromatic rings. The molecule has 1 aliphatic rings. The molecular weight excluding hydrogens is 166 g/mol.